The molecule has 1 aromatic heterocycles. The third-order valence-corrected chi connectivity index (χ3v) is 4.33. The molecule has 1 aromatic rings. The molecule has 0 aliphatic carbocycles. The number of anilines is 1. The SMILES string of the molecule is O=C(CC1CCN(c2ncc(F)cn2)CC1)N1CCOCC1. The van der Waals surface area contributed by atoms with Gasteiger partial charge in [-0.2, -0.15) is 0 Å². The Bertz CT molecular complexity index is 497. The fraction of sp³-hybridized carbons (Fsp3) is 0.667. The summed E-state index contributed by atoms with van der Waals surface area (Å²) >= 11 is 0. The van der Waals surface area contributed by atoms with Gasteiger partial charge in [-0.15, -0.1) is 0 Å². The molecular formula is C15H21FN4O2. The van der Waals surface area contributed by atoms with Crippen LogP contribution in [0.15, 0.2) is 12.4 Å². The van der Waals surface area contributed by atoms with Gasteiger partial charge in [0.25, 0.3) is 0 Å². The van der Waals surface area contributed by atoms with Crippen molar-refractivity contribution in [3.8, 4) is 0 Å². The van der Waals surface area contributed by atoms with Crippen LogP contribution in [0, 0.1) is 11.7 Å². The summed E-state index contributed by atoms with van der Waals surface area (Å²) in [6.07, 6.45) is 4.87. The van der Waals surface area contributed by atoms with Gasteiger partial charge in [0, 0.05) is 32.6 Å². The predicted molar refractivity (Wildman–Crippen MR) is 78.9 cm³/mol. The van der Waals surface area contributed by atoms with Crippen LogP contribution >= 0.6 is 0 Å². The smallest absolute Gasteiger partial charge is 0.225 e. The Labute approximate surface area is 129 Å². The van der Waals surface area contributed by atoms with Crippen molar-refractivity contribution in [3.05, 3.63) is 18.2 Å². The molecule has 6 nitrogen and oxygen atoms in total. The van der Waals surface area contributed by atoms with Crippen molar-refractivity contribution in [2.24, 2.45) is 5.92 Å². The molecule has 3 heterocycles. The average Bonchev–Trinajstić information content (AvgIpc) is 2.57. The highest BCUT2D eigenvalue weighted by Gasteiger charge is 2.25. The number of carbonyl (C=O) groups excluding carboxylic acids is 1. The Kier molecular flexibility index (Phi) is 4.82. The number of aromatic nitrogens is 2. The number of nitrogens with zero attached hydrogens (tertiary/aromatic N) is 4. The summed E-state index contributed by atoms with van der Waals surface area (Å²) < 4.78 is 18.1. The van der Waals surface area contributed by atoms with E-state index in [2.05, 4.69) is 14.9 Å². The molecule has 0 N–H and O–H groups in total. The Morgan fingerprint density at radius 2 is 1.82 bits per heavy atom. The summed E-state index contributed by atoms with van der Waals surface area (Å²) in [6.45, 7) is 4.33. The van der Waals surface area contributed by atoms with Gasteiger partial charge in [0.1, 0.15) is 0 Å². The van der Waals surface area contributed by atoms with Crippen LogP contribution < -0.4 is 4.90 Å². The van der Waals surface area contributed by atoms with Crippen LogP contribution in [0.3, 0.4) is 0 Å². The van der Waals surface area contributed by atoms with E-state index in [1.165, 1.54) is 12.4 Å². The van der Waals surface area contributed by atoms with Gasteiger partial charge in [0.05, 0.1) is 25.6 Å². The Morgan fingerprint density at radius 3 is 2.45 bits per heavy atom. The number of hydrogen-bond donors (Lipinski definition) is 0. The monoisotopic (exact) mass is 308 g/mol. The lowest BCUT2D eigenvalue weighted by Gasteiger charge is -2.33. The molecular weight excluding hydrogens is 287 g/mol. The van der Waals surface area contributed by atoms with Crippen LogP contribution in [0.1, 0.15) is 19.3 Å². The zero-order valence-corrected chi connectivity index (χ0v) is 12.6. The standard InChI is InChI=1S/C15H21FN4O2/c16-13-10-17-15(18-11-13)20-3-1-12(2-4-20)9-14(21)19-5-7-22-8-6-19/h10-12H,1-9H2. The first-order valence-corrected chi connectivity index (χ1v) is 7.80. The van der Waals surface area contributed by atoms with Crippen molar-refractivity contribution in [1.82, 2.24) is 14.9 Å². The van der Waals surface area contributed by atoms with E-state index in [-0.39, 0.29) is 5.91 Å². The normalized spacial score (nSPS) is 20.2. The minimum atomic E-state index is -0.422. The quantitative estimate of drug-likeness (QED) is 0.836. The number of halogens is 1. The second-order valence-corrected chi connectivity index (χ2v) is 5.83. The molecule has 0 aromatic carbocycles. The van der Waals surface area contributed by atoms with Gasteiger partial charge < -0.3 is 14.5 Å². The van der Waals surface area contributed by atoms with Crippen molar-refractivity contribution in [1.29, 1.82) is 0 Å². The minimum absolute atomic E-state index is 0.236. The Balaban J connectivity index is 1.47. The summed E-state index contributed by atoms with van der Waals surface area (Å²) in [6, 6.07) is 0. The number of morpholine rings is 1. The van der Waals surface area contributed by atoms with Crippen LogP contribution in [0.25, 0.3) is 0 Å². The molecule has 0 atom stereocenters. The van der Waals surface area contributed by atoms with Crippen molar-refractivity contribution in [3.63, 3.8) is 0 Å². The summed E-state index contributed by atoms with van der Waals surface area (Å²) in [5, 5.41) is 0. The number of piperidine rings is 1. The van der Waals surface area contributed by atoms with Crippen molar-refractivity contribution in [2.45, 2.75) is 19.3 Å². The van der Waals surface area contributed by atoms with Gasteiger partial charge in [-0.3, -0.25) is 4.79 Å². The van der Waals surface area contributed by atoms with Crippen LogP contribution in [0.2, 0.25) is 0 Å². The van der Waals surface area contributed by atoms with E-state index in [1.54, 1.807) is 0 Å². The van der Waals surface area contributed by atoms with Crippen molar-refractivity contribution >= 4 is 11.9 Å². The van der Waals surface area contributed by atoms with Crippen molar-refractivity contribution < 1.29 is 13.9 Å². The van der Waals surface area contributed by atoms with E-state index in [1.807, 2.05) is 4.90 Å². The maximum Gasteiger partial charge on any atom is 0.225 e. The molecule has 1 amide bonds. The van der Waals surface area contributed by atoms with Gasteiger partial charge in [-0.05, 0) is 18.8 Å². The molecule has 3 rings (SSSR count). The summed E-state index contributed by atoms with van der Waals surface area (Å²) in [5.74, 6) is 0.793. The van der Waals surface area contributed by atoms with Gasteiger partial charge in [-0.1, -0.05) is 0 Å². The highest BCUT2D eigenvalue weighted by Crippen LogP contribution is 2.23. The molecule has 0 spiro atoms. The largest absolute Gasteiger partial charge is 0.378 e. The zero-order chi connectivity index (χ0) is 15.4. The Morgan fingerprint density at radius 1 is 1.18 bits per heavy atom. The predicted octanol–water partition coefficient (Wildman–Crippen LogP) is 1.08. The lowest BCUT2D eigenvalue weighted by atomic mass is 9.93. The second kappa shape index (κ2) is 7.00. The van der Waals surface area contributed by atoms with E-state index >= 15 is 0 Å². The number of amides is 1. The molecule has 2 saturated heterocycles. The highest BCUT2D eigenvalue weighted by atomic mass is 19.1. The van der Waals surface area contributed by atoms with Gasteiger partial charge in [0.15, 0.2) is 5.82 Å². The first-order valence-electron chi connectivity index (χ1n) is 7.80. The molecule has 7 heteroatoms. The molecule has 0 radical (unpaired) electrons. The van der Waals surface area contributed by atoms with Gasteiger partial charge in [0.2, 0.25) is 11.9 Å². The molecule has 2 aliphatic rings. The minimum Gasteiger partial charge on any atom is -0.378 e. The number of rotatable bonds is 3. The molecule has 0 saturated carbocycles. The lowest BCUT2D eigenvalue weighted by Crippen LogP contribution is -2.42. The molecule has 22 heavy (non-hydrogen) atoms. The van der Waals surface area contributed by atoms with Crippen LogP contribution in [0.4, 0.5) is 10.3 Å². The maximum absolute atomic E-state index is 12.8. The molecule has 2 fully saturated rings. The Hall–Kier alpha value is -1.76. The summed E-state index contributed by atoms with van der Waals surface area (Å²) in [7, 11) is 0. The second-order valence-electron chi connectivity index (χ2n) is 5.83. The number of carbonyl (C=O) groups is 1. The third-order valence-electron chi connectivity index (χ3n) is 4.33. The van der Waals surface area contributed by atoms with Crippen LogP contribution in [-0.2, 0) is 9.53 Å². The highest BCUT2D eigenvalue weighted by molar-refractivity contribution is 5.76. The van der Waals surface area contributed by atoms with E-state index in [9.17, 15) is 9.18 Å². The van der Waals surface area contributed by atoms with Gasteiger partial charge >= 0.3 is 0 Å². The van der Waals surface area contributed by atoms with E-state index in [0.29, 0.717) is 44.6 Å². The molecule has 120 valence electrons. The van der Waals surface area contributed by atoms with E-state index < -0.39 is 5.82 Å². The third kappa shape index (κ3) is 3.71. The van der Waals surface area contributed by atoms with E-state index in [0.717, 1.165) is 25.9 Å². The van der Waals surface area contributed by atoms with Crippen LogP contribution in [-0.4, -0.2) is 60.2 Å². The molecule has 2 aliphatic heterocycles. The van der Waals surface area contributed by atoms with Gasteiger partial charge in [-0.25, -0.2) is 14.4 Å². The first kappa shape index (κ1) is 15.1. The molecule has 0 bridgehead atoms. The number of hydrogen-bond acceptors (Lipinski definition) is 5. The topological polar surface area (TPSA) is 58.6 Å². The number of ether oxygens (including phenoxy) is 1. The fourth-order valence-corrected chi connectivity index (χ4v) is 2.99. The lowest BCUT2D eigenvalue weighted by molar-refractivity contribution is -0.136. The average molecular weight is 308 g/mol. The van der Waals surface area contributed by atoms with Crippen molar-refractivity contribution in [2.75, 3.05) is 44.3 Å². The fourth-order valence-electron chi connectivity index (χ4n) is 2.99. The van der Waals surface area contributed by atoms with E-state index in [4.69, 9.17) is 4.74 Å². The summed E-state index contributed by atoms with van der Waals surface area (Å²) in [5.41, 5.74) is 0. The zero-order valence-electron chi connectivity index (χ0n) is 12.6. The molecule has 0 unspecified atom stereocenters. The first-order chi connectivity index (χ1) is 10.7. The summed E-state index contributed by atoms with van der Waals surface area (Å²) in [4.78, 5) is 24.2. The van der Waals surface area contributed by atoms with Crippen LogP contribution in [0.5, 0.6) is 0 Å². The maximum atomic E-state index is 12.8.